The van der Waals surface area contributed by atoms with Gasteiger partial charge in [0.25, 0.3) is 5.91 Å². The van der Waals surface area contributed by atoms with Crippen molar-refractivity contribution in [3.05, 3.63) is 35.1 Å². The molecule has 0 aromatic heterocycles. The van der Waals surface area contributed by atoms with Gasteiger partial charge in [-0.15, -0.1) is 0 Å². The van der Waals surface area contributed by atoms with E-state index in [1.807, 2.05) is 0 Å². The third-order valence-electron chi connectivity index (χ3n) is 2.71. The normalized spacial score (nSPS) is 11.9. The fourth-order valence-corrected chi connectivity index (χ4v) is 1.72. The third-order valence-corrected chi connectivity index (χ3v) is 2.71. The monoisotopic (exact) mass is 346 g/mol. The maximum Gasteiger partial charge on any atom is 0.426 e. The largest absolute Gasteiger partial charge is 0.443 e. The van der Waals surface area contributed by atoms with Crippen LogP contribution < -0.4 is 5.43 Å². The zero-order valence-electron chi connectivity index (χ0n) is 14.5. The molecule has 0 aliphatic carbocycles. The lowest BCUT2D eigenvalue weighted by Gasteiger charge is -2.36. The van der Waals surface area contributed by atoms with Crippen molar-refractivity contribution in [1.82, 2.24) is 10.4 Å². The SMILES string of the molecule is CC(C)(C)OC(=O)NN(C(=O)c1cc(F)c(F)c(F)c1)C(C)(C)C. The van der Waals surface area contributed by atoms with Crippen molar-refractivity contribution in [3.63, 3.8) is 0 Å². The quantitative estimate of drug-likeness (QED) is 0.622. The Morgan fingerprint density at radius 3 is 1.83 bits per heavy atom. The van der Waals surface area contributed by atoms with E-state index in [-0.39, 0.29) is 0 Å². The van der Waals surface area contributed by atoms with Crippen LogP contribution in [0, 0.1) is 17.5 Å². The predicted octanol–water partition coefficient (Wildman–Crippen LogP) is 3.78. The van der Waals surface area contributed by atoms with E-state index in [1.54, 1.807) is 41.5 Å². The van der Waals surface area contributed by atoms with Crippen molar-refractivity contribution in [1.29, 1.82) is 0 Å². The summed E-state index contributed by atoms with van der Waals surface area (Å²) in [5.41, 5.74) is 0.0664. The molecule has 1 aromatic rings. The lowest BCUT2D eigenvalue weighted by atomic mass is 10.1. The number of nitrogens with one attached hydrogen (secondary N) is 1. The van der Waals surface area contributed by atoms with Crippen molar-refractivity contribution >= 4 is 12.0 Å². The predicted molar refractivity (Wildman–Crippen MR) is 81.6 cm³/mol. The molecule has 0 aliphatic heterocycles. The second kappa shape index (κ2) is 6.70. The van der Waals surface area contributed by atoms with Gasteiger partial charge in [0.2, 0.25) is 0 Å². The van der Waals surface area contributed by atoms with Crippen molar-refractivity contribution in [2.75, 3.05) is 0 Å². The third kappa shape index (κ3) is 5.14. The van der Waals surface area contributed by atoms with E-state index in [9.17, 15) is 22.8 Å². The summed E-state index contributed by atoms with van der Waals surface area (Å²) < 4.78 is 44.8. The van der Waals surface area contributed by atoms with Gasteiger partial charge < -0.3 is 4.74 Å². The Morgan fingerprint density at radius 2 is 1.46 bits per heavy atom. The van der Waals surface area contributed by atoms with Crippen LogP contribution in [0.1, 0.15) is 51.9 Å². The smallest absolute Gasteiger partial charge is 0.426 e. The van der Waals surface area contributed by atoms with Crippen LogP contribution >= 0.6 is 0 Å². The molecule has 5 nitrogen and oxygen atoms in total. The summed E-state index contributed by atoms with van der Waals surface area (Å²) >= 11 is 0. The van der Waals surface area contributed by atoms with Crippen LogP contribution in [0.3, 0.4) is 0 Å². The van der Waals surface area contributed by atoms with Crippen LogP contribution in [0.5, 0.6) is 0 Å². The zero-order valence-corrected chi connectivity index (χ0v) is 14.5. The minimum Gasteiger partial charge on any atom is -0.443 e. The number of hydrogen-bond donors (Lipinski definition) is 1. The van der Waals surface area contributed by atoms with Gasteiger partial charge >= 0.3 is 6.09 Å². The first-order valence-electron chi connectivity index (χ1n) is 7.21. The highest BCUT2D eigenvalue weighted by molar-refractivity contribution is 5.95. The van der Waals surface area contributed by atoms with E-state index in [0.717, 1.165) is 5.01 Å². The number of nitrogens with zero attached hydrogens (tertiary/aromatic N) is 1. The molecular formula is C16H21F3N2O3. The molecule has 2 amide bonds. The summed E-state index contributed by atoms with van der Waals surface area (Å²) in [4.78, 5) is 24.4. The molecule has 0 bridgehead atoms. The zero-order chi connectivity index (χ0) is 18.9. The van der Waals surface area contributed by atoms with Crippen LogP contribution in [0.15, 0.2) is 12.1 Å². The van der Waals surface area contributed by atoms with E-state index in [2.05, 4.69) is 5.43 Å². The number of ether oxygens (including phenoxy) is 1. The van der Waals surface area contributed by atoms with Gasteiger partial charge in [-0.3, -0.25) is 4.79 Å². The molecule has 0 heterocycles. The highest BCUT2D eigenvalue weighted by atomic mass is 19.2. The van der Waals surface area contributed by atoms with Crippen LogP contribution in [-0.4, -0.2) is 28.1 Å². The summed E-state index contributed by atoms with van der Waals surface area (Å²) in [6.07, 6.45) is -0.908. The molecular weight excluding hydrogens is 325 g/mol. The number of hydrazine groups is 1. The van der Waals surface area contributed by atoms with Crippen LogP contribution in [-0.2, 0) is 4.74 Å². The van der Waals surface area contributed by atoms with Crippen LogP contribution in [0.4, 0.5) is 18.0 Å². The molecule has 134 valence electrons. The number of amides is 2. The van der Waals surface area contributed by atoms with Gasteiger partial charge in [0.1, 0.15) is 5.60 Å². The lowest BCUT2D eigenvalue weighted by molar-refractivity contribution is 0.0118. The molecule has 24 heavy (non-hydrogen) atoms. The minimum absolute atomic E-state index is 0.447. The summed E-state index contributed by atoms with van der Waals surface area (Å²) in [5.74, 6) is -5.57. The Bertz CT molecular complexity index is 626. The molecule has 1 rings (SSSR count). The molecule has 0 atom stereocenters. The molecule has 0 fully saturated rings. The molecule has 0 unspecified atom stereocenters. The number of carbonyl (C=O) groups is 2. The van der Waals surface area contributed by atoms with Gasteiger partial charge in [0.05, 0.1) is 5.54 Å². The Balaban J connectivity index is 3.14. The first kappa shape index (κ1) is 19.8. The van der Waals surface area contributed by atoms with E-state index >= 15 is 0 Å². The summed E-state index contributed by atoms with van der Waals surface area (Å²) in [6.45, 7) is 9.71. The topological polar surface area (TPSA) is 58.6 Å². The first-order chi connectivity index (χ1) is 10.7. The van der Waals surface area contributed by atoms with Gasteiger partial charge in [0, 0.05) is 5.56 Å². The summed E-state index contributed by atoms with van der Waals surface area (Å²) in [5, 5.41) is 0.868. The number of carbonyl (C=O) groups excluding carboxylic acids is 2. The second-order valence-electron chi connectivity index (χ2n) is 7.18. The average Bonchev–Trinajstić information content (AvgIpc) is 2.37. The van der Waals surface area contributed by atoms with Crippen molar-refractivity contribution < 1.29 is 27.5 Å². The molecule has 1 aromatic carbocycles. The Hall–Kier alpha value is -2.25. The number of benzene rings is 1. The first-order valence-corrected chi connectivity index (χ1v) is 7.21. The molecule has 0 radical (unpaired) electrons. The molecule has 0 saturated heterocycles. The number of hydrogen-bond acceptors (Lipinski definition) is 3. The fourth-order valence-electron chi connectivity index (χ4n) is 1.72. The fraction of sp³-hybridized carbons (Fsp3) is 0.500. The highest BCUT2D eigenvalue weighted by Crippen LogP contribution is 2.19. The molecule has 0 saturated carbocycles. The van der Waals surface area contributed by atoms with Gasteiger partial charge in [-0.2, -0.15) is 0 Å². The van der Waals surface area contributed by atoms with Gasteiger partial charge in [0.15, 0.2) is 17.5 Å². The summed E-state index contributed by atoms with van der Waals surface area (Å²) in [6, 6.07) is 1.13. The van der Waals surface area contributed by atoms with E-state index in [0.29, 0.717) is 12.1 Å². The minimum atomic E-state index is -1.67. The van der Waals surface area contributed by atoms with Crippen LogP contribution in [0.25, 0.3) is 0 Å². The van der Waals surface area contributed by atoms with Gasteiger partial charge in [-0.25, -0.2) is 28.4 Å². The van der Waals surface area contributed by atoms with Crippen molar-refractivity contribution in [3.8, 4) is 0 Å². The van der Waals surface area contributed by atoms with Crippen LogP contribution in [0.2, 0.25) is 0 Å². The molecule has 1 N–H and O–H groups in total. The Morgan fingerprint density at radius 1 is 1.00 bits per heavy atom. The maximum absolute atomic E-state index is 13.3. The summed E-state index contributed by atoms with van der Waals surface area (Å²) in [7, 11) is 0. The van der Waals surface area contributed by atoms with E-state index in [1.165, 1.54) is 0 Å². The molecule has 0 spiro atoms. The van der Waals surface area contributed by atoms with E-state index in [4.69, 9.17) is 4.74 Å². The van der Waals surface area contributed by atoms with E-state index < -0.39 is 46.2 Å². The molecule has 8 heteroatoms. The average molecular weight is 346 g/mol. The standard InChI is InChI=1S/C16H21F3N2O3/c1-15(2,3)21(20-14(23)24-16(4,5)6)13(22)9-7-10(17)12(19)11(18)8-9/h7-8H,1-6H3,(H,20,23). The maximum atomic E-state index is 13.3. The van der Waals surface area contributed by atoms with Gasteiger partial charge in [-0.05, 0) is 53.7 Å². The van der Waals surface area contributed by atoms with Crippen molar-refractivity contribution in [2.45, 2.75) is 52.7 Å². The molecule has 0 aliphatic rings. The number of rotatable bonds is 1. The lowest BCUT2D eigenvalue weighted by Crippen LogP contribution is -2.56. The Labute approximate surface area is 138 Å². The number of halogens is 3. The van der Waals surface area contributed by atoms with Gasteiger partial charge in [-0.1, -0.05) is 0 Å². The highest BCUT2D eigenvalue weighted by Gasteiger charge is 2.32. The van der Waals surface area contributed by atoms with Crippen molar-refractivity contribution in [2.24, 2.45) is 0 Å². The second-order valence-corrected chi connectivity index (χ2v) is 7.18. The Kier molecular flexibility index (Phi) is 5.53.